The van der Waals surface area contributed by atoms with Crippen LogP contribution in [0, 0.1) is 5.92 Å². The fourth-order valence-electron chi connectivity index (χ4n) is 1.87. The summed E-state index contributed by atoms with van der Waals surface area (Å²) < 4.78 is 23.3. The SMILES string of the molecule is Cn1nnnc1N1CC(CS(N)(=O)=O)CC1=O. The number of amides is 1. The number of aromatic nitrogens is 4. The number of carbonyl (C=O) groups excluding carboxylic acids is 1. The molecule has 2 heterocycles. The molecule has 1 saturated heterocycles. The Morgan fingerprint density at radius 1 is 1.53 bits per heavy atom. The van der Waals surface area contributed by atoms with E-state index in [1.54, 1.807) is 7.05 Å². The van der Waals surface area contributed by atoms with Gasteiger partial charge < -0.3 is 0 Å². The lowest BCUT2D eigenvalue weighted by Crippen LogP contribution is -2.29. The zero-order chi connectivity index (χ0) is 12.6. The highest BCUT2D eigenvalue weighted by Gasteiger charge is 2.35. The third-order valence-electron chi connectivity index (χ3n) is 2.51. The normalized spacial score (nSPS) is 21.2. The van der Waals surface area contributed by atoms with Crippen molar-refractivity contribution in [2.45, 2.75) is 6.42 Å². The molecule has 0 aromatic carbocycles. The van der Waals surface area contributed by atoms with Crippen LogP contribution < -0.4 is 10.0 Å². The van der Waals surface area contributed by atoms with E-state index in [2.05, 4.69) is 15.5 Å². The van der Waals surface area contributed by atoms with Crippen LogP contribution in [0.1, 0.15) is 6.42 Å². The van der Waals surface area contributed by atoms with Gasteiger partial charge in [0, 0.05) is 25.9 Å². The van der Waals surface area contributed by atoms with Crippen LogP contribution in [-0.4, -0.2) is 46.8 Å². The van der Waals surface area contributed by atoms with Crippen LogP contribution in [0.5, 0.6) is 0 Å². The zero-order valence-electron chi connectivity index (χ0n) is 9.15. The Morgan fingerprint density at radius 2 is 2.24 bits per heavy atom. The van der Waals surface area contributed by atoms with Crippen molar-refractivity contribution < 1.29 is 13.2 Å². The second-order valence-corrected chi connectivity index (χ2v) is 5.67. The first-order valence-corrected chi connectivity index (χ1v) is 6.61. The lowest BCUT2D eigenvalue weighted by atomic mass is 10.1. The highest BCUT2D eigenvalue weighted by molar-refractivity contribution is 7.89. The number of aryl methyl sites for hydroxylation is 1. The standard InChI is InChI=1S/C7H12N6O3S/c1-12-7(9-10-11-12)13-3-5(2-6(13)14)4-17(8,15)16/h5H,2-4H2,1H3,(H2,8,15,16). The largest absolute Gasteiger partial charge is 0.279 e. The average Bonchev–Trinajstić information content (AvgIpc) is 2.70. The predicted molar refractivity (Wildman–Crippen MR) is 57.2 cm³/mol. The summed E-state index contributed by atoms with van der Waals surface area (Å²) in [4.78, 5) is 13.1. The van der Waals surface area contributed by atoms with Gasteiger partial charge in [0.1, 0.15) is 0 Å². The summed E-state index contributed by atoms with van der Waals surface area (Å²) in [5.74, 6) is -0.404. The Kier molecular flexibility index (Phi) is 2.83. The summed E-state index contributed by atoms with van der Waals surface area (Å²) in [6.07, 6.45) is 0.142. The summed E-state index contributed by atoms with van der Waals surface area (Å²) in [5, 5.41) is 15.7. The first-order valence-electron chi connectivity index (χ1n) is 4.90. The van der Waals surface area contributed by atoms with E-state index in [1.807, 2.05) is 0 Å². The van der Waals surface area contributed by atoms with Crippen molar-refractivity contribution in [3.8, 4) is 0 Å². The van der Waals surface area contributed by atoms with E-state index in [-0.39, 0.29) is 30.5 Å². The number of primary sulfonamides is 1. The van der Waals surface area contributed by atoms with E-state index in [9.17, 15) is 13.2 Å². The van der Waals surface area contributed by atoms with Crippen LogP contribution in [0.15, 0.2) is 0 Å². The fourth-order valence-corrected chi connectivity index (χ4v) is 2.75. The van der Waals surface area contributed by atoms with Gasteiger partial charge in [0.25, 0.3) is 5.95 Å². The van der Waals surface area contributed by atoms with Crippen molar-refractivity contribution in [3.63, 3.8) is 0 Å². The quantitative estimate of drug-likeness (QED) is 0.660. The molecule has 94 valence electrons. The number of hydrogen-bond donors (Lipinski definition) is 1. The molecule has 1 aromatic rings. The van der Waals surface area contributed by atoms with Crippen LogP contribution in [0.4, 0.5) is 5.95 Å². The number of anilines is 1. The topological polar surface area (TPSA) is 124 Å². The first-order chi connectivity index (χ1) is 7.87. The molecule has 1 fully saturated rings. The summed E-state index contributed by atoms with van der Waals surface area (Å²) in [5.41, 5.74) is 0. The van der Waals surface area contributed by atoms with Gasteiger partial charge >= 0.3 is 0 Å². The molecule has 9 nitrogen and oxygen atoms in total. The summed E-state index contributed by atoms with van der Waals surface area (Å²) in [6, 6.07) is 0. The Labute approximate surface area is 97.6 Å². The Balaban J connectivity index is 2.14. The van der Waals surface area contributed by atoms with Gasteiger partial charge in [-0.15, -0.1) is 0 Å². The van der Waals surface area contributed by atoms with Crippen LogP contribution in [0.3, 0.4) is 0 Å². The van der Waals surface area contributed by atoms with E-state index in [1.165, 1.54) is 9.58 Å². The van der Waals surface area contributed by atoms with Gasteiger partial charge in [-0.1, -0.05) is 5.10 Å². The van der Waals surface area contributed by atoms with Gasteiger partial charge in [0.15, 0.2) is 0 Å². The van der Waals surface area contributed by atoms with Gasteiger partial charge in [0.2, 0.25) is 15.9 Å². The number of carbonyl (C=O) groups is 1. The molecule has 1 aromatic heterocycles. The fraction of sp³-hybridized carbons (Fsp3) is 0.714. The summed E-state index contributed by atoms with van der Waals surface area (Å²) in [6.45, 7) is 0.267. The average molecular weight is 260 g/mol. The first kappa shape index (κ1) is 11.9. The summed E-state index contributed by atoms with van der Waals surface area (Å²) >= 11 is 0. The maximum absolute atomic E-state index is 11.7. The van der Waals surface area contributed by atoms with E-state index < -0.39 is 10.0 Å². The van der Waals surface area contributed by atoms with E-state index in [0.717, 1.165) is 0 Å². The maximum Gasteiger partial charge on any atom is 0.251 e. The molecule has 0 saturated carbocycles. The molecular weight excluding hydrogens is 248 g/mol. The molecule has 0 bridgehead atoms. The molecule has 1 aliphatic heterocycles. The van der Waals surface area contributed by atoms with E-state index >= 15 is 0 Å². The lowest BCUT2D eigenvalue weighted by molar-refractivity contribution is -0.117. The molecule has 17 heavy (non-hydrogen) atoms. The molecule has 0 spiro atoms. The highest BCUT2D eigenvalue weighted by Crippen LogP contribution is 2.22. The maximum atomic E-state index is 11.7. The Morgan fingerprint density at radius 3 is 2.76 bits per heavy atom. The number of tetrazole rings is 1. The molecule has 1 unspecified atom stereocenters. The zero-order valence-corrected chi connectivity index (χ0v) is 9.96. The van der Waals surface area contributed by atoms with Crippen molar-refractivity contribution in [1.29, 1.82) is 0 Å². The molecule has 2 rings (SSSR count). The second-order valence-electron chi connectivity index (χ2n) is 4.01. The third-order valence-corrected chi connectivity index (χ3v) is 3.45. The minimum absolute atomic E-state index is 0.142. The molecular formula is C7H12N6O3S. The molecule has 0 aliphatic carbocycles. The number of rotatable bonds is 3. The van der Waals surface area contributed by atoms with E-state index in [0.29, 0.717) is 5.95 Å². The van der Waals surface area contributed by atoms with Gasteiger partial charge in [0.05, 0.1) is 5.75 Å². The van der Waals surface area contributed by atoms with Gasteiger partial charge in [-0.2, -0.15) is 0 Å². The van der Waals surface area contributed by atoms with E-state index in [4.69, 9.17) is 5.14 Å². The Hall–Kier alpha value is -1.55. The van der Waals surface area contributed by atoms with Crippen molar-refractivity contribution in [1.82, 2.24) is 20.2 Å². The van der Waals surface area contributed by atoms with Crippen molar-refractivity contribution >= 4 is 21.9 Å². The number of nitrogens with zero attached hydrogens (tertiary/aromatic N) is 5. The molecule has 1 atom stereocenters. The summed E-state index contributed by atoms with van der Waals surface area (Å²) in [7, 11) is -1.96. The van der Waals surface area contributed by atoms with Crippen LogP contribution in [-0.2, 0) is 21.9 Å². The van der Waals surface area contributed by atoms with Gasteiger partial charge in [-0.05, 0) is 10.4 Å². The number of nitrogens with two attached hydrogens (primary N) is 1. The Bertz CT molecular complexity index is 538. The smallest absolute Gasteiger partial charge is 0.251 e. The van der Waals surface area contributed by atoms with Crippen molar-refractivity contribution in [2.75, 3.05) is 17.2 Å². The number of sulfonamides is 1. The van der Waals surface area contributed by atoms with Crippen LogP contribution >= 0.6 is 0 Å². The minimum Gasteiger partial charge on any atom is -0.279 e. The molecule has 10 heteroatoms. The van der Waals surface area contributed by atoms with Gasteiger partial charge in [-0.25, -0.2) is 18.2 Å². The third kappa shape index (κ3) is 2.58. The molecule has 1 amide bonds. The number of hydrogen-bond acceptors (Lipinski definition) is 6. The molecule has 1 aliphatic rings. The van der Waals surface area contributed by atoms with Crippen molar-refractivity contribution in [2.24, 2.45) is 18.1 Å². The van der Waals surface area contributed by atoms with Gasteiger partial charge in [-0.3, -0.25) is 9.69 Å². The lowest BCUT2D eigenvalue weighted by Gasteiger charge is -2.13. The van der Waals surface area contributed by atoms with Crippen LogP contribution in [0.25, 0.3) is 0 Å². The van der Waals surface area contributed by atoms with Crippen molar-refractivity contribution in [3.05, 3.63) is 0 Å². The highest BCUT2D eigenvalue weighted by atomic mass is 32.2. The molecule has 0 radical (unpaired) electrons. The monoisotopic (exact) mass is 260 g/mol. The predicted octanol–water partition coefficient (Wildman–Crippen LogP) is -2.15. The minimum atomic E-state index is -3.57. The second kappa shape index (κ2) is 4.04. The van der Waals surface area contributed by atoms with Crippen LogP contribution in [0.2, 0.25) is 0 Å². The molecule has 2 N–H and O–H groups in total.